The molecule has 0 aliphatic carbocycles. The molecule has 7 aromatic rings. The molecule has 0 spiro atoms. The third-order valence-corrected chi connectivity index (χ3v) is 7.41. The first-order valence-electron chi connectivity index (χ1n) is 11.0. The molecule has 0 atom stereocenters. The fourth-order valence-corrected chi connectivity index (χ4v) is 5.78. The molecule has 0 saturated carbocycles. The minimum Gasteiger partial charge on any atom is -0.309 e. The van der Waals surface area contributed by atoms with Gasteiger partial charge in [-0.15, -0.1) is 11.3 Å². The fourth-order valence-electron chi connectivity index (χ4n) is 4.78. The summed E-state index contributed by atoms with van der Waals surface area (Å²) in [6.07, 6.45) is 1.97. The first-order valence-corrected chi connectivity index (χ1v) is 11.8. The zero-order valence-electron chi connectivity index (χ0n) is 18.0. The molecule has 0 aliphatic rings. The van der Waals surface area contributed by atoms with Crippen LogP contribution in [0.15, 0.2) is 97.2 Å². The van der Waals surface area contributed by atoms with Crippen LogP contribution in [0.4, 0.5) is 0 Å². The summed E-state index contributed by atoms with van der Waals surface area (Å²) in [5.41, 5.74) is 6.87. The van der Waals surface area contributed by atoms with Gasteiger partial charge in [-0.1, -0.05) is 48.0 Å². The Morgan fingerprint density at radius 3 is 2.42 bits per heavy atom. The second kappa shape index (κ2) is 6.99. The maximum Gasteiger partial charge on any atom is 0.159 e. The van der Waals surface area contributed by atoms with Crippen molar-refractivity contribution in [3.63, 3.8) is 0 Å². The van der Waals surface area contributed by atoms with E-state index in [0.29, 0.717) is 0 Å². The molecule has 33 heavy (non-hydrogen) atoms. The topological polar surface area (TPSA) is 30.7 Å². The van der Waals surface area contributed by atoms with Crippen LogP contribution in [0.3, 0.4) is 0 Å². The molecule has 0 fully saturated rings. The Bertz CT molecular complexity index is 1830. The van der Waals surface area contributed by atoms with Crippen molar-refractivity contribution in [3.8, 4) is 17.1 Å². The molecule has 156 valence electrons. The third-order valence-electron chi connectivity index (χ3n) is 6.31. The van der Waals surface area contributed by atoms with Crippen LogP contribution in [-0.4, -0.2) is 14.5 Å². The van der Waals surface area contributed by atoms with Gasteiger partial charge >= 0.3 is 0 Å². The zero-order chi connectivity index (χ0) is 21.9. The van der Waals surface area contributed by atoms with E-state index in [0.717, 1.165) is 27.3 Å². The molecule has 4 aromatic carbocycles. The molecule has 3 heterocycles. The minimum absolute atomic E-state index is 0.766. The Balaban J connectivity index is 1.48. The maximum atomic E-state index is 5.02. The second-order valence-corrected chi connectivity index (χ2v) is 9.51. The summed E-state index contributed by atoms with van der Waals surface area (Å²) in [7, 11) is 0. The highest BCUT2D eigenvalue weighted by Gasteiger charge is 2.15. The van der Waals surface area contributed by atoms with Gasteiger partial charge < -0.3 is 4.57 Å². The lowest BCUT2D eigenvalue weighted by molar-refractivity contribution is 1.18. The van der Waals surface area contributed by atoms with Crippen molar-refractivity contribution in [2.24, 2.45) is 0 Å². The van der Waals surface area contributed by atoms with Crippen LogP contribution in [0.5, 0.6) is 0 Å². The van der Waals surface area contributed by atoms with Gasteiger partial charge in [-0.25, -0.2) is 9.97 Å². The largest absolute Gasteiger partial charge is 0.309 e. The summed E-state index contributed by atoms with van der Waals surface area (Å²) in [4.78, 5) is 9.76. The lowest BCUT2D eigenvalue weighted by atomic mass is 10.1. The number of thiophene rings is 1. The Morgan fingerprint density at radius 1 is 0.697 bits per heavy atom. The van der Waals surface area contributed by atoms with Crippen molar-refractivity contribution in [3.05, 3.63) is 103 Å². The van der Waals surface area contributed by atoms with Crippen molar-refractivity contribution in [2.75, 3.05) is 0 Å². The van der Waals surface area contributed by atoms with Crippen molar-refractivity contribution in [1.82, 2.24) is 14.5 Å². The Kier molecular flexibility index (Phi) is 3.93. The molecule has 4 heteroatoms. The predicted molar refractivity (Wildman–Crippen MR) is 139 cm³/mol. The molecule has 0 N–H and O–H groups in total. The minimum atomic E-state index is 0.766. The first kappa shape index (κ1) is 18.5. The summed E-state index contributed by atoms with van der Waals surface area (Å²) in [6.45, 7) is 2.13. The highest BCUT2D eigenvalue weighted by atomic mass is 32.1. The van der Waals surface area contributed by atoms with E-state index in [4.69, 9.17) is 9.97 Å². The van der Waals surface area contributed by atoms with E-state index in [1.54, 1.807) is 11.3 Å². The number of hydrogen-bond donors (Lipinski definition) is 0. The van der Waals surface area contributed by atoms with Crippen LogP contribution < -0.4 is 0 Å². The molecule has 3 aromatic heterocycles. The molecule has 0 amide bonds. The third kappa shape index (κ3) is 2.81. The van der Waals surface area contributed by atoms with Gasteiger partial charge in [0.15, 0.2) is 5.82 Å². The number of para-hydroxylation sites is 2. The normalized spacial score (nSPS) is 11.8. The van der Waals surface area contributed by atoms with Crippen LogP contribution in [-0.2, 0) is 0 Å². The second-order valence-electron chi connectivity index (χ2n) is 8.43. The van der Waals surface area contributed by atoms with Crippen LogP contribution in [0, 0.1) is 6.92 Å². The molecule has 3 nitrogen and oxygen atoms in total. The van der Waals surface area contributed by atoms with Crippen LogP contribution >= 0.6 is 11.3 Å². The van der Waals surface area contributed by atoms with Gasteiger partial charge in [-0.3, -0.25) is 0 Å². The number of rotatable bonds is 2. The standard InChI is InChI=1S/C29H19N3S/c1-18-11-14-26-23(15-18)28-27(33-26)17-30-29(31-28)19-12-13-25-22(16-19)21-9-5-6-10-24(21)32(25)20-7-3-2-4-8-20/h2-17H,1H3. The molecular weight excluding hydrogens is 422 g/mol. The molecular formula is C29H19N3S. The smallest absolute Gasteiger partial charge is 0.159 e. The van der Waals surface area contributed by atoms with Crippen molar-refractivity contribution < 1.29 is 0 Å². The van der Waals surface area contributed by atoms with E-state index in [-0.39, 0.29) is 0 Å². The molecule has 0 bridgehead atoms. The fraction of sp³-hybridized carbons (Fsp3) is 0.0345. The van der Waals surface area contributed by atoms with Gasteiger partial charge in [0.25, 0.3) is 0 Å². The summed E-state index contributed by atoms with van der Waals surface area (Å²) < 4.78 is 4.71. The van der Waals surface area contributed by atoms with Crippen molar-refractivity contribution in [2.45, 2.75) is 6.92 Å². The molecule has 0 radical (unpaired) electrons. The number of aromatic nitrogens is 3. The van der Waals surface area contributed by atoms with Gasteiger partial charge in [0.2, 0.25) is 0 Å². The average molecular weight is 442 g/mol. The lowest BCUT2D eigenvalue weighted by Gasteiger charge is -2.07. The Labute approximate surface area is 194 Å². The molecule has 0 unspecified atom stereocenters. The Hall–Kier alpha value is -4.02. The average Bonchev–Trinajstić information content (AvgIpc) is 3.39. The van der Waals surface area contributed by atoms with E-state index in [1.807, 2.05) is 6.20 Å². The van der Waals surface area contributed by atoms with E-state index < -0.39 is 0 Å². The summed E-state index contributed by atoms with van der Waals surface area (Å²) in [5, 5.41) is 3.65. The summed E-state index contributed by atoms with van der Waals surface area (Å²) in [5.74, 6) is 0.766. The Morgan fingerprint density at radius 2 is 1.52 bits per heavy atom. The zero-order valence-corrected chi connectivity index (χ0v) is 18.8. The highest BCUT2D eigenvalue weighted by Crippen LogP contribution is 2.36. The van der Waals surface area contributed by atoms with E-state index in [2.05, 4.69) is 102 Å². The van der Waals surface area contributed by atoms with Crippen molar-refractivity contribution in [1.29, 1.82) is 0 Å². The molecule has 0 aliphatic heterocycles. The van der Waals surface area contributed by atoms with Gasteiger partial charge in [0.1, 0.15) is 0 Å². The monoisotopic (exact) mass is 441 g/mol. The van der Waals surface area contributed by atoms with Crippen molar-refractivity contribution >= 4 is 53.4 Å². The molecule has 7 rings (SSSR count). The van der Waals surface area contributed by atoms with Gasteiger partial charge in [-0.05, 0) is 55.5 Å². The van der Waals surface area contributed by atoms with Crippen LogP contribution in [0.25, 0.3) is 59.2 Å². The molecule has 0 saturated heterocycles. The van der Waals surface area contributed by atoms with Crippen LogP contribution in [0.2, 0.25) is 0 Å². The van der Waals surface area contributed by atoms with Crippen LogP contribution in [0.1, 0.15) is 5.56 Å². The number of nitrogens with zero attached hydrogens (tertiary/aromatic N) is 3. The lowest BCUT2D eigenvalue weighted by Crippen LogP contribution is -1.93. The van der Waals surface area contributed by atoms with Gasteiger partial charge in [0.05, 0.1) is 21.3 Å². The number of aryl methyl sites for hydroxylation is 1. The summed E-state index contributed by atoms with van der Waals surface area (Å²) in [6, 6.07) is 32.2. The number of hydrogen-bond acceptors (Lipinski definition) is 3. The van der Waals surface area contributed by atoms with E-state index in [9.17, 15) is 0 Å². The summed E-state index contributed by atoms with van der Waals surface area (Å²) >= 11 is 1.75. The van der Waals surface area contributed by atoms with Gasteiger partial charge in [-0.2, -0.15) is 0 Å². The van der Waals surface area contributed by atoms with E-state index >= 15 is 0 Å². The van der Waals surface area contributed by atoms with Gasteiger partial charge in [0, 0.05) is 38.3 Å². The first-order chi connectivity index (χ1) is 16.3. The number of fused-ring (bicyclic) bond motifs is 6. The predicted octanol–water partition coefficient (Wildman–Crippen LogP) is 7.92. The number of benzene rings is 4. The maximum absolute atomic E-state index is 5.02. The quantitative estimate of drug-likeness (QED) is 0.273. The van der Waals surface area contributed by atoms with E-state index in [1.165, 1.54) is 37.5 Å². The highest BCUT2D eigenvalue weighted by molar-refractivity contribution is 7.25. The SMILES string of the molecule is Cc1ccc2sc3cnc(-c4ccc5c(c4)c4ccccc4n5-c4ccccc4)nc3c2c1.